The van der Waals surface area contributed by atoms with Crippen molar-refractivity contribution >= 4 is 29.0 Å². The number of hydrogen-bond donors (Lipinski definition) is 1. The Morgan fingerprint density at radius 1 is 1.56 bits per heavy atom. The van der Waals surface area contributed by atoms with Crippen molar-refractivity contribution in [3.05, 3.63) is 17.3 Å². The fourth-order valence-electron chi connectivity index (χ4n) is 3.07. The van der Waals surface area contributed by atoms with Gasteiger partial charge in [-0.1, -0.05) is 25.4 Å². The van der Waals surface area contributed by atoms with E-state index in [4.69, 9.17) is 11.6 Å². The largest absolute Gasteiger partial charge is 0.342 e. The molecular formula is C13H16ClN3O. The summed E-state index contributed by atoms with van der Waals surface area (Å²) in [4.78, 5) is 18.8. The van der Waals surface area contributed by atoms with E-state index in [1.54, 1.807) is 12.3 Å². The maximum absolute atomic E-state index is 12.3. The number of hydrogen-bond acceptors (Lipinski definition) is 3. The highest BCUT2D eigenvalue weighted by molar-refractivity contribution is 6.31. The number of fused-ring (bicyclic) bond motifs is 3. The number of pyridine rings is 1. The van der Waals surface area contributed by atoms with Crippen molar-refractivity contribution in [1.82, 2.24) is 4.98 Å². The van der Waals surface area contributed by atoms with Crippen molar-refractivity contribution in [2.45, 2.75) is 32.7 Å². The molecule has 1 N–H and O–H groups in total. The van der Waals surface area contributed by atoms with Gasteiger partial charge in [0.1, 0.15) is 6.04 Å². The van der Waals surface area contributed by atoms with Gasteiger partial charge in [0.2, 0.25) is 5.91 Å². The molecule has 1 saturated heterocycles. The van der Waals surface area contributed by atoms with Crippen LogP contribution in [0.5, 0.6) is 0 Å². The minimum atomic E-state index is -0.132. The zero-order chi connectivity index (χ0) is 12.9. The summed E-state index contributed by atoms with van der Waals surface area (Å²) in [5, 5.41) is 3.47. The van der Waals surface area contributed by atoms with Crippen LogP contribution in [0.2, 0.25) is 5.02 Å². The molecule has 18 heavy (non-hydrogen) atoms. The summed E-state index contributed by atoms with van der Waals surface area (Å²) < 4.78 is 0. The van der Waals surface area contributed by atoms with Crippen LogP contribution in [0, 0.1) is 5.41 Å². The molecule has 1 aromatic rings. The third-order valence-electron chi connectivity index (χ3n) is 3.88. The van der Waals surface area contributed by atoms with Gasteiger partial charge in [0.25, 0.3) is 0 Å². The summed E-state index contributed by atoms with van der Waals surface area (Å²) in [6.45, 7) is 5.16. The molecular weight excluding hydrogens is 250 g/mol. The molecule has 3 rings (SSSR count). The summed E-state index contributed by atoms with van der Waals surface area (Å²) in [7, 11) is 0. The molecule has 5 heteroatoms. The molecule has 96 valence electrons. The number of aromatic nitrogens is 1. The summed E-state index contributed by atoms with van der Waals surface area (Å²) in [5.41, 5.74) is 0.697. The van der Waals surface area contributed by atoms with Crippen LogP contribution < -0.4 is 10.2 Å². The van der Waals surface area contributed by atoms with E-state index in [9.17, 15) is 4.79 Å². The van der Waals surface area contributed by atoms with Crippen LogP contribution in [0.4, 0.5) is 11.5 Å². The topological polar surface area (TPSA) is 45.2 Å². The average Bonchev–Trinajstić information content (AvgIpc) is 2.27. The molecule has 2 aliphatic heterocycles. The molecule has 0 radical (unpaired) electrons. The van der Waals surface area contributed by atoms with E-state index in [1.165, 1.54) is 0 Å². The average molecular weight is 266 g/mol. The zero-order valence-corrected chi connectivity index (χ0v) is 11.3. The van der Waals surface area contributed by atoms with Crippen LogP contribution in [-0.4, -0.2) is 23.5 Å². The molecule has 0 saturated carbocycles. The second-order valence-electron chi connectivity index (χ2n) is 5.70. The number of nitrogens with zero attached hydrogens (tertiary/aromatic N) is 2. The van der Waals surface area contributed by atoms with Crippen LogP contribution in [-0.2, 0) is 4.79 Å². The van der Waals surface area contributed by atoms with Crippen molar-refractivity contribution in [3.63, 3.8) is 0 Å². The maximum atomic E-state index is 12.3. The second-order valence-corrected chi connectivity index (χ2v) is 6.14. The van der Waals surface area contributed by atoms with Gasteiger partial charge in [-0.05, 0) is 24.3 Å². The Hall–Kier alpha value is -1.29. The summed E-state index contributed by atoms with van der Waals surface area (Å²) in [5.74, 6) is 0.896. The standard InChI is InChI=1S/C13H16ClN3O/c1-13(2)4-3-5-17-10(13)12(18)16-9-6-8(14)7-15-11(9)17/h6-7,10H,3-5H2,1-2H3,(H,16,18). The lowest BCUT2D eigenvalue weighted by Gasteiger charge is -2.48. The number of halogens is 1. The number of piperidine rings is 1. The molecule has 1 aromatic heterocycles. The first-order valence-electron chi connectivity index (χ1n) is 6.22. The number of nitrogens with one attached hydrogen (secondary N) is 1. The van der Waals surface area contributed by atoms with Crippen molar-refractivity contribution in [2.24, 2.45) is 5.41 Å². The Morgan fingerprint density at radius 2 is 2.33 bits per heavy atom. The van der Waals surface area contributed by atoms with Crippen LogP contribution >= 0.6 is 11.6 Å². The van der Waals surface area contributed by atoms with Crippen LogP contribution in [0.15, 0.2) is 12.3 Å². The van der Waals surface area contributed by atoms with Gasteiger partial charge in [0, 0.05) is 12.7 Å². The van der Waals surface area contributed by atoms with Crippen molar-refractivity contribution in [3.8, 4) is 0 Å². The third kappa shape index (κ3) is 1.67. The number of carbonyl (C=O) groups is 1. The van der Waals surface area contributed by atoms with Crippen LogP contribution in [0.3, 0.4) is 0 Å². The Kier molecular flexibility index (Phi) is 2.52. The van der Waals surface area contributed by atoms with E-state index in [2.05, 4.69) is 29.0 Å². The summed E-state index contributed by atoms with van der Waals surface area (Å²) in [6, 6.07) is 1.63. The lowest BCUT2D eigenvalue weighted by molar-refractivity contribution is -0.120. The Bertz CT molecular complexity index is 515. The van der Waals surface area contributed by atoms with Crippen LogP contribution in [0.25, 0.3) is 0 Å². The van der Waals surface area contributed by atoms with E-state index in [0.29, 0.717) is 5.02 Å². The first-order valence-corrected chi connectivity index (χ1v) is 6.60. The number of rotatable bonds is 0. The first-order chi connectivity index (χ1) is 8.49. The summed E-state index contributed by atoms with van der Waals surface area (Å²) >= 11 is 5.92. The highest BCUT2D eigenvalue weighted by Crippen LogP contribution is 2.42. The van der Waals surface area contributed by atoms with Gasteiger partial charge in [0.15, 0.2) is 5.82 Å². The number of carbonyl (C=O) groups excluding carboxylic acids is 1. The first kappa shape index (κ1) is 11.8. The van der Waals surface area contributed by atoms with Crippen molar-refractivity contribution in [2.75, 3.05) is 16.8 Å². The molecule has 0 aromatic carbocycles. The normalized spacial score (nSPS) is 25.2. The highest BCUT2D eigenvalue weighted by atomic mass is 35.5. The molecule has 0 spiro atoms. The molecule has 1 amide bonds. The Labute approximate surface area is 111 Å². The van der Waals surface area contributed by atoms with Gasteiger partial charge >= 0.3 is 0 Å². The Balaban J connectivity index is 2.09. The molecule has 0 aliphatic carbocycles. The molecule has 1 unspecified atom stereocenters. The van der Waals surface area contributed by atoms with Gasteiger partial charge < -0.3 is 10.2 Å². The van der Waals surface area contributed by atoms with E-state index in [-0.39, 0.29) is 17.4 Å². The fourth-order valence-corrected chi connectivity index (χ4v) is 3.23. The molecule has 4 nitrogen and oxygen atoms in total. The Morgan fingerprint density at radius 3 is 3.11 bits per heavy atom. The van der Waals surface area contributed by atoms with E-state index < -0.39 is 0 Å². The maximum Gasteiger partial charge on any atom is 0.247 e. The lowest BCUT2D eigenvalue weighted by Crippen LogP contribution is -2.58. The predicted molar refractivity (Wildman–Crippen MR) is 72.0 cm³/mol. The summed E-state index contributed by atoms with van der Waals surface area (Å²) in [6.07, 6.45) is 3.78. The highest BCUT2D eigenvalue weighted by Gasteiger charge is 2.46. The van der Waals surface area contributed by atoms with Gasteiger partial charge in [-0.25, -0.2) is 4.98 Å². The zero-order valence-electron chi connectivity index (χ0n) is 10.5. The van der Waals surface area contributed by atoms with Gasteiger partial charge in [-0.15, -0.1) is 0 Å². The van der Waals surface area contributed by atoms with Gasteiger partial charge in [-0.2, -0.15) is 0 Å². The molecule has 0 bridgehead atoms. The number of anilines is 2. The fraction of sp³-hybridized carbons (Fsp3) is 0.538. The van der Waals surface area contributed by atoms with E-state index >= 15 is 0 Å². The van der Waals surface area contributed by atoms with Gasteiger partial charge in [0.05, 0.1) is 10.7 Å². The molecule has 3 heterocycles. The third-order valence-corrected chi connectivity index (χ3v) is 4.09. The van der Waals surface area contributed by atoms with Crippen molar-refractivity contribution < 1.29 is 4.79 Å². The smallest absolute Gasteiger partial charge is 0.247 e. The van der Waals surface area contributed by atoms with E-state index in [1.807, 2.05) is 0 Å². The second kappa shape index (κ2) is 3.85. The SMILES string of the molecule is CC1(C)CCCN2c3ncc(Cl)cc3NC(=O)C21. The van der Waals surface area contributed by atoms with Gasteiger partial charge in [-0.3, -0.25) is 4.79 Å². The molecule has 2 aliphatic rings. The minimum Gasteiger partial charge on any atom is -0.342 e. The number of amides is 1. The lowest BCUT2D eigenvalue weighted by atomic mass is 9.75. The van der Waals surface area contributed by atoms with Crippen LogP contribution in [0.1, 0.15) is 26.7 Å². The quantitative estimate of drug-likeness (QED) is 0.784. The van der Waals surface area contributed by atoms with E-state index in [0.717, 1.165) is 30.9 Å². The van der Waals surface area contributed by atoms with Crippen molar-refractivity contribution in [1.29, 1.82) is 0 Å². The molecule has 1 atom stereocenters. The predicted octanol–water partition coefficient (Wildman–Crippen LogP) is 2.68. The monoisotopic (exact) mass is 265 g/mol. The molecule has 1 fully saturated rings. The minimum absolute atomic E-state index is 0.0264.